The van der Waals surface area contributed by atoms with Crippen LogP contribution >= 0.6 is 0 Å². The van der Waals surface area contributed by atoms with Crippen LogP contribution in [-0.2, 0) is 5.41 Å². The molecule has 6 rings (SSSR count). The second-order valence-electron chi connectivity index (χ2n) is 13.8. The minimum Gasteiger partial charge on any atom is -0.235 e. The Morgan fingerprint density at radius 3 is 1.82 bits per heavy atom. The Balaban J connectivity index is 1.42. The molecule has 0 saturated carbocycles. The molecule has 0 unspecified atom stereocenters. The van der Waals surface area contributed by atoms with Gasteiger partial charge in [0.05, 0.1) is 5.69 Å². The van der Waals surface area contributed by atoms with Gasteiger partial charge in [-0.25, -0.2) is 19.9 Å². The number of unbranched alkanes of at least 4 members (excludes halogenated alkanes) is 10. The van der Waals surface area contributed by atoms with E-state index in [4.69, 9.17) is 9.97 Å². The number of hydrogen-bond donors (Lipinski definition) is 0. The molecule has 4 heteroatoms. The van der Waals surface area contributed by atoms with E-state index in [1.807, 2.05) is 12.1 Å². The molecule has 252 valence electrons. The summed E-state index contributed by atoms with van der Waals surface area (Å²) in [5.41, 5.74) is 10.6. The van der Waals surface area contributed by atoms with Crippen molar-refractivity contribution >= 4 is 6.08 Å². The zero-order chi connectivity index (χ0) is 33.9. The quantitative estimate of drug-likeness (QED) is 0.0887. The number of hydrogen-bond acceptors (Lipinski definition) is 4. The monoisotopic (exact) mass is 648 g/mol. The van der Waals surface area contributed by atoms with Crippen LogP contribution in [0.4, 0.5) is 0 Å². The second-order valence-corrected chi connectivity index (χ2v) is 13.8. The molecule has 2 aromatic heterocycles. The van der Waals surface area contributed by atoms with Gasteiger partial charge in [0.15, 0.2) is 11.6 Å². The van der Waals surface area contributed by atoms with E-state index in [-0.39, 0.29) is 5.41 Å². The first-order valence-electron chi connectivity index (χ1n) is 18.8. The SMILES string of the molecule is C=Cc1ccc(-c2nc(-c3ccc4c(c3)C(CCCCCCCC)(CCCCCCCC)c3ccccc3-4)cc(-c3ncccn3)n2)cc1. The van der Waals surface area contributed by atoms with Crippen LogP contribution in [0.3, 0.4) is 0 Å². The van der Waals surface area contributed by atoms with Crippen molar-refractivity contribution in [2.24, 2.45) is 0 Å². The highest BCUT2D eigenvalue weighted by Gasteiger charge is 2.42. The molecule has 0 spiro atoms. The molecule has 0 radical (unpaired) electrons. The van der Waals surface area contributed by atoms with Gasteiger partial charge in [0.2, 0.25) is 0 Å². The molecule has 2 heterocycles. The molecule has 0 aliphatic heterocycles. The summed E-state index contributed by atoms with van der Waals surface area (Å²) in [4.78, 5) is 19.3. The van der Waals surface area contributed by atoms with Crippen LogP contribution in [-0.4, -0.2) is 19.9 Å². The minimum absolute atomic E-state index is 0.0131. The molecule has 0 amide bonds. The van der Waals surface area contributed by atoms with Gasteiger partial charge in [-0.1, -0.05) is 164 Å². The molecular formula is C45H52N4. The standard InChI is InChI=1S/C45H52N4/c1-4-7-9-11-13-17-28-45(29-18-14-12-10-8-5-2)39-21-16-15-20-37(39)38-27-26-36(32-40(38)45)41-33-42(44-46-30-19-31-47-44)49-43(48-41)35-24-22-34(6-3)23-25-35/h6,15-16,19-27,30-33H,3-5,7-14,17-18,28-29H2,1-2H3. The van der Waals surface area contributed by atoms with E-state index in [0.717, 1.165) is 28.1 Å². The predicted molar refractivity (Wildman–Crippen MR) is 206 cm³/mol. The topological polar surface area (TPSA) is 51.6 Å². The lowest BCUT2D eigenvalue weighted by molar-refractivity contribution is 0.398. The Morgan fingerprint density at radius 1 is 0.551 bits per heavy atom. The smallest absolute Gasteiger partial charge is 0.178 e. The Bertz CT molecular complexity index is 1790. The van der Waals surface area contributed by atoms with Gasteiger partial charge < -0.3 is 0 Å². The average molecular weight is 649 g/mol. The van der Waals surface area contributed by atoms with Crippen LogP contribution < -0.4 is 0 Å². The first-order chi connectivity index (χ1) is 24.2. The van der Waals surface area contributed by atoms with E-state index in [1.54, 1.807) is 12.4 Å². The van der Waals surface area contributed by atoms with E-state index in [1.165, 1.54) is 112 Å². The van der Waals surface area contributed by atoms with Crippen LogP contribution in [0.2, 0.25) is 0 Å². The molecule has 0 N–H and O–H groups in total. The number of benzene rings is 3. The maximum atomic E-state index is 5.19. The lowest BCUT2D eigenvalue weighted by Crippen LogP contribution is -2.25. The average Bonchev–Trinajstić information content (AvgIpc) is 3.43. The third-order valence-electron chi connectivity index (χ3n) is 10.4. The van der Waals surface area contributed by atoms with Crippen molar-refractivity contribution in [2.75, 3.05) is 0 Å². The highest BCUT2D eigenvalue weighted by molar-refractivity contribution is 5.84. The van der Waals surface area contributed by atoms with Crippen molar-refractivity contribution in [3.63, 3.8) is 0 Å². The molecule has 0 atom stereocenters. The van der Waals surface area contributed by atoms with E-state index >= 15 is 0 Å². The fourth-order valence-electron chi connectivity index (χ4n) is 7.73. The van der Waals surface area contributed by atoms with Crippen molar-refractivity contribution < 1.29 is 0 Å². The van der Waals surface area contributed by atoms with Gasteiger partial charge in [-0.3, -0.25) is 0 Å². The molecule has 4 nitrogen and oxygen atoms in total. The highest BCUT2D eigenvalue weighted by atomic mass is 15.0. The normalized spacial score (nSPS) is 12.9. The van der Waals surface area contributed by atoms with Gasteiger partial charge in [0, 0.05) is 28.9 Å². The van der Waals surface area contributed by atoms with Crippen LogP contribution in [0.5, 0.6) is 0 Å². The van der Waals surface area contributed by atoms with Crippen molar-refractivity contribution in [3.8, 4) is 45.3 Å². The molecule has 5 aromatic rings. The summed E-state index contributed by atoms with van der Waals surface area (Å²) in [5, 5.41) is 0. The minimum atomic E-state index is 0.0131. The first-order valence-corrected chi connectivity index (χ1v) is 18.8. The zero-order valence-corrected chi connectivity index (χ0v) is 29.6. The van der Waals surface area contributed by atoms with Crippen LogP contribution in [0.25, 0.3) is 51.4 Å². The van der Waals surface area contributed by atoms with Crippen molar-refractivity contribution in [2.45, 2.75) is 109 Å². The van der Waals surface area contributed by atoms with Crippen molar-refractivity contribution in [3.05, 3.63) is 115 Å². The predicted octanol–water partition coefficient (Wildman–Crippen LogP) is 12.7. The van der Waals surface area contributed by atoms with Crippen LogP contribution in [0, 0.1) is 0 Å². The summed E-state index contributed by atoms with van der Waals surface area (Å²) in [6.45, 7) is 8.52. The maximum Gasteiger partial charge on any atom is 0.178 e. The summed E-state index contributed by atoms with van der Waals surface area (Å²) < 4.78 is 0. The Morgan fingerprint density at radius 2 is 1.14 bits per heavy atom. The fraction of sp³-hybridized carbons (Fsp3) is 0.378. The van der Waals surface area contributed by atoms with Crippen molar-refractivity contribution in [1.29, 1.82) is 0 Å². The third kappa shape index (κ3) is 7.90. The van der Waals surface area contributed by atoms with E-state index in [2.05, 4.69) is 103 Å². The van der Waals surface area contributed by atoms with E-state index < -0.39 is 0 Å². The van der Waals surface area contributed by atoms with Gasteiger partial charge >= 0.3 is 0 Å². The Labute approximate surface area is 294 Å². The summed E-state index contributed by atoms with van der Waals surface area (Å²) in [7, 11) is 0. The number of rotatable bonds is 18. The summed E-state index contributed by atoms with van der Waals surface area (Å²) >= 11 is 0. The summed E-state index contributed by atoms with van der Waals surface area (Å²) in [6, 6.07) is 28.5. The van der Waals surface area contributed by atoms with Gasteiger partial charge in [0.1, 0.15) is 5.69 Å². The Kier molecular flexibility index (Phi) is 11.8. The molecule has 3 aromatic carbocycles. The summed E-state index contributed by atoms with van der Waals surface area (Å²) in [5.74, 6) is 1.27. The lowest BCUT2D eigenvalue weighted by Gasteiger charge is -2.33. The maximum absolute atomic E-state index is 5.19. The van der Waals surface area contributed by atoms with E-state index in [0.29, 0.717) is 11.6 Å². The van der Waals surface area contributed by atoms with Gasteiger partial charge in [-0.05, 0) is 58.9 Å². The molecule has 0 saturated heterocycles. The van der Waals surface area contributed by atoms with Gasteiger partial charge in [0.25, 0.3) is 0 Å². The molecule has 1 aliphatic rings. The molecular weight excluding hydrogens is 597 g/mol. The van der Waals surface area contributed by atoms with Gasteiger partial charge in [-0.2, -0.15) is 0 Å². The largest absolute Gasteiger partial charge is 0.235 e. The lowest BCUT2D eigenvalue weighted by atomic mass is 9.70. The second kappa shape index (κ2) is 16.8. The van der Waals surface area contributed by atoms with Crippen molar-refractivity contribution in [1.82, 2.24) is 19.9 Å². The molecule has 1 aliphatic carbocycles. The molecule has 0 bridgehead atoms. The van der Waals surface area contributed by atoms with Crippen LogP contribution in [0.1, 0.15) is 120 Å². The first kappa shape index (κ1) is 34.4. The number of fused-ring (bicyclic) bond motifs is 3. The Hall–Kier alpha value is -4.44. The van der Waals surface area contributed by atoms with Crippen LogP contribution in [0.15, 0.2) is 97.8 Å². The van der Waals surface area contributed by atoms with E-state index in [9.17, 15) is 0 Å². The molecule has 0 fully saturated rings. The summed E-state index contributed by atoms with van der Waals surface area (Å²) in [6.07, 6.45) is 23.5. The number of nitrogens with zero attached hydrogens (tertiary/aromatic N) is 4. The number of aromatic nitrogens is 4. The zero-order valence-electron chi connectivity index (χ0n) is 29.6. The van der Waals surface area contributed by atoms with Gasteiger partial charge in [-0.15, -0.1) is 0 Å². The fourth-order valence-corrected chi connectivity index (χ4v) is 7.73. The molecule has 49 heavy (non-hydrogen) atoms. The highest BCUT2D eigenvalue weighted by Crippen LogP contribution is 2.55. The third-order valence-corrected chi connectivity index (χ3v) is 10.4.